The van der Waals surface area contributed by atoms with Crippen molar-refractivity contribution in [3.05, 3.63) is 120 Å². The van der Waals surface area contributed by atoms with Crippen molar-refractivity contribution in [1.29, 1.82) is 0 Å². The number of aliphatic imine (C=N–C) groups is 1. The Hall–Kier alpha value is -3.97. The molecule has 5 nitrogen and oxygen atoms in total. The van der Waals surface area contributed by atoms with Crippen molar-refractivity contribution < 1.29 is 17.5 Å². The summed E-state index contributed by atoms with van der Waals surface area (Å²) in [6.45, 7) is 0.444. The van der Waals surface area contributed by atoms with Crippen LogP contribution >= 0.6 is 0 Å². The third kappa shape index (κ3) is 6.05. The van der Waals surface area contributed by atoms with Gasteiger partial charge in [-0.05, 0) is 66.2 Å². The van der Waals surface area contributed by atoms with Crippen molar-refractivity contribution in [2.24, 2.45) is 4.99 Å². The molecular formula is C26H21FN2O3S. The van der Waals surface area contributed by atoms with Crippen molar-refractivity contribution in [3.63, 3.8) is 0 Å². The average Bonchev–Trinajstić information content (AvgIpc) is 2.84. The predicted molar refractivity (Wildman–Crippen MR) is 128 cm³/mol. The van der Waals surface area contributed by atoms with Crippen molar-refractivity contribution in [2.45, 2.75) is 11.5 Å². The number of benzene rings is 4. The summed E-state index contributed by atoms with van der Waals surface area (Å²) in [5.74, 6) is 0.264. The number of hydrogen-bond donors (Lipinski definition) is 1. The molecule has 0 amide bonds. The van der Waals surface area contributed by atoms with Gasteiger partial charge in [0.2, 0.25) is 0 Å². The second kappa shape index (κ2) is 10.1. The highest BCUT2D eigenvalue weighted by Gasteiger charge is 2.14. The van der Waals surface area contributed by atoms with Gasteiger partial charge in [-0.3, -0.25) is 9.71 Å². The molecule has 0 aliphatic rings. The topological polar surface area (TPSA) is 67.8 Å². The molecule has 0 aliphatic heterocycles. The van der Waals surface area contributed by atoms with E-state index in [1.54, 1.807) is 18.3 Å². The first-order chi connectivity index (χ1) is 16.0. The SMILES string of the molecule is O=S(=O)(Nc1ccc(F)cc1)c1ccc(N=Cc2ccccc2OCc2ccccc2)cc1. The average molecular weight is 461 g/mol. The number of hydrogen-bond acceptors (Lipinski definition) is 4. The summed E-state index contributed by atoms with van der Waals surface area (Å²) in [7, 11) is -3.79. The quantitative estimate of drug-likeness (QED) is 0.330. The van der Waals surface area contributed by atoms with Gasteiger partial charge in [0.25, 0.3) is 10.0 Å². The van der Waals surface area contributed by atoms with Gasteiger partial charge < -0.3 is 4.74 Å². The Morgan fingerprint density at radius 3 is 2.21 bits per heavy atom. The van der Waals surface area contributed by atoms with Gasteiger partial charge in [0.15, 0.2) is 0 Å². The molecule has 33 heavy (non-hydrogen) atoms. The Labute approximate surface area is 192 Å². The van der Waals surface area contributed by atoms with Crippen molar-refractivity contribution in [2.75, 3.05) is 4.72 Å². The first-order valence-corrected chi connectivity index (χ1v) is 11.7. The number of sulfonamides is 1. The fourth-order valence-electron chi connectivity index (χ4n) is 3.04. The lowest BCUT2D eigenvalue weighted by molar-refractivity contribution is 0.306. The molecule has 0 radical (unpaired) electrons. The van der Waals surface area contributed by atoms with Crippen LogP contribution in [0.4, 0.5) is 15.8 Å². The van der Waals surface area contributed by atoms with E-state index < -0.39 is 15.8 Å². The minimum Gasteiger partial charge on any atom is -0.488 e. The van der Waals surface area contributed by atoms with Crippen LogP contribution in [0.1, 0.15) is 11.1 Å². The number of ether oxygens (including phenoxy) is 1. The van der Waals surface area contributed by atoms with Gasteiger partial charge in [-0.1, -0.05) is 42.5 Å². The Balaban J connectivity index is 1.45. The monoisotopic (exact) mass is 460 g/mol. The van der Waals surface area contributed by atoms with Crippen LogP contribution in [0.2, 0.25) is 0 Å². The van der Waals surface area contributed by atoms with Crippen molar-refractivity contribution in [3.8, 4) is 5.75 Å². The zero-order valence-corrected chi connectivity index (χ0v) is 18.4. The van der Waals surface area contributed by atoms with Crippen LogP contribution in [0.5, 0.6) is 5.75 Å². The summed E-state index contributed by atoms with van der Waals surface area (Å²) in [4.78, 5) is 4.53. The summed E-state index contributed by atoms with van der Waals surface area (Å²) in [6, 6.07) is 28.7. The van der Waals surface area contributed by atoms with Gasteiger partial charge in [0.1, 0.15) is 18.2 Å². The van der Waals surface area contributed by atoms with E-state index in [0.717, 1.165) is 11.1 Å². The molecule has 1 N–H and O–H groups in total. The molecule has 0 aromatic heterocycles. The highest BCUT2D eigenvalue weighted by Crippen LogP contribution is 2.22. The second-order valence-corrected chi connectivity index (χ2v) is 8.86. The lowest BCUT2D eigenvalue weighted by Crippen LogP contribution is -2.12. The summed E-state index contributed by atoms with van der Waals surface area (Å²) in [5.41, 5.74) is 2.75. The minimum absolute atomic E-state index is 0.0809. The molecule has 0 aliphatic carbocycles. The number of anilines is 1. The zero-order chi connectivity index (χ0) is 23.1. The maximum absolute atomic E-state index is 13.0. The maximum Gasteiger partial charge on any atom is 0.261 e. The maximum atomic E-state index is 13.0. The molecule has 4 aromatic carbocycles. The van der Waals surface area contributed by atoms with Gasteiger partial charge in [-0.15, -0.1) is 0 Å². The number of nitrogens with one attached hydrogen (secondary N) is 1. The van der Waals surface area contributed by atoms with E-state index in [1.807, 2.05) is 54.6 Å². The van der Waals surface area contributed by atoms with Crippen LogP contribution in [-0.4, -0.2) is 14.6 Å². The van der Waals surface area contributed by atoms with E-state index >= 15 is 0 Å². The Morgan fingerprint density at radius 2 is 1.48 bits per heavy atom. The standard InChI is InChI=1S/C26H21FN2O3S/c27-22-10-12-24(13-11-22)29-33(30,31)25-16-14-23(15-17-25)28-18-21-8-4-5-9-26(21)32-19-20-6-2-1-3-7-20/h1-18,29H,19H2. The molecule has 0 heterocycles. The normalized spacial score (nSPS) is 11.4. The van der Waals surface area contributed by atoms with E-state index in [1.165, 1.54) is 36.4 Å². The lowest BCUT2D eigenvalue weighted by Gasteiger charge is -2.09. The van der Waals surface area contributed by atoms with Gasteiger partial charge in [0, 0.05) is 17.5 Å². The molecule has 0 atom stereocenters. The van der Waals surface area contributed by atoms with E-state index in [-0.39, 0.29) is 10.6 Å². The summed E-state index contributed by atoms with van der Waals surface area (Å²) in [6.07, 6.45) is 1.68. The Kier molecular flexibility index (Phi) is 6.80. The van der Waals surface area contributed by atoms with Gasteiger partial charge in [-0.2, -0.15) is 0 Å². The Bertz CT molecular complexity index is 1340. The lowest BCUT2D eigenvalue weighted by atomic mass is 10.2. The van der Waals surface area contributed by atoms with E-state index in [9.17, 15) is 12.8 Å². The molecule has 166 valence electrons. The van der Waals surface area contributed by atoms with Crippen LogP contribution < -0.4 is 9.46 Å². The number of rotatable bonds is 8. The van der Waals surface area contributed by atoms with Crippen molar-refractivity contribution in [1.82, 2.24) is 0 Å². The molecule has 0 unspecified atom stereocenters. The third-order valence-corrected chi connectivity index (χ3v) is 6.15. The summed E-state index contributed by atoms with van der Waals surface area (Å²) < 4.78 is 46.5. The first-order valence-electron chi connectivity index (χ1n) is 10.2. The number of para-hydroxylation sites is 1. The largest absolute Gasteiger partial charge is 0.488 e. The van der Waals surface area contributed by atoms with Gasteiger partial charge in [0.05, 0.1) is 10.6 Å². The van der Waals surface area contributed by atoms with E-state index in [2.05, 4.69) is 9.71 Å². The molecule has 0 saturated carbocycles. The van der Waals surface area contributed by atoms with Crippen LogP contribution in [0.3, 0.4) is 0 Å². The van der Waals surface area contributed by atoms with Crippen LogP contribution in [0, 0.1) is 5.82 Å². The predicted octanol–water partition coefficient (Wildman–Crippen LogP) is 5.96. The smallest absolute Gasteiger partial charge is 0.261 e. The van der Waals surface area contributed by atoms with Crippen LogP contribution in [0.25, 0.3) is 0 Å². The Morgan fingerprint density at radius 1 is 0.818 bits per heavy atom. The third-order valence-electron chi connectivity index (χ3n) is 4.75. The van der Waals surface area contributed by atoms with Crippen LogP contribution in [0.15, 0.2) is 113 Å². The second-order valence-electron chi connectivity index (χ2n) is 7.18. The number of nitrogens with zero attached hydrogens (tertiary/aromatic N) is 1. The molecule has 7 heteroatoms. The molecular weight excluding hydrogens is 439 g/mol. The summed E-state index contributed by atoms with van der Waals surface area (Å²) in [5, 5.41) is 0. The van der Waals surface area contributed by atoms with E-state index in [0.29, 0.717) is 18.0 Å². The fraction of sp³-hybridized carbons (Fsp3) is 0.0385. The molecule has 0 spiro atoms. The van der Waals surface area contributed by atoms with E-state index in [4.69, 9.17) is 4.74 Å². The zero-order valence-electron chi connectivity index (χ0n) is 17.6. The molecule has 4 rings (SSSR count). The fourth-order valence-corrected chi connectivity index (χ4v) is 4.10. The summed E-state index contributed by atoms with van der Waals surface area (Å²) >= 11 is 0. The highest BCUT2D eigenvalue weighted by atomic mass is 32.2. The molecule has 4 aromatic rings. The molecule has 0 bridgehead atoms. The minimum atomic E-state index is -3.79. The highest BCUT2D eigenvalue weighted by molar-refractivity contribution is 7.92. The molecule has 0 fully saturated rings. The first kappa shape index (κ1) is 22.2. The number of halogens is 1. The van der Waals surface area contributed by atoms with Crippen LogP contribution in [-0.2, 0) is 16.6 Å². The van der Waals surface area contributed by atoms with Gasteiger partial charge in [-0.25, -0.2) is 12.8 Å². The van der Waals surface area contributed by atoms with Gasteiger partial charge >= 0.3 is 0 Å². The van der Waals surface area contributed by atoms with Crippen molar-refractivity contribution >= 4 is 27.6 Å². The molecule has 0 saturated heterocycles.